The van der Waals surface area contributed by atoms with Crippen molar-refractivity contribution in [1.29, 1.82) is 0 Å². The predicted molar refractivity (Wildman–Crippen MR) is 140 cm³/mol. The number of imidazole rings is 1. The van der Waals surface area contributed by atoms with Gasteiger partial charge in [0, 0.05) is 13.0 Å². The van der Waals surface area contributed by atoms with Gasteiger partial charge in [-0.1, -0.05) is 54.6 Å². The molecule has 0 bridgehead atoms. The van der Waals surface area contributed by atoms with E-state index in [4.69, 9.17) is 20.4 Å². The molecule has 0 unspecified atom stereocenters. The molecule has 17 heteroatoms. The van der Waals surface area contributed by atoms with Crippen LogP contribution >= 0.6 is 0 Å². The summed E-state index contributed by atoms with van der Waals surface area (Å²) in [7, 11) is -4.01. The number of nitrogens with two attached hydrogens (primary N) is 1. The van der Waals surface area contributed by atoms with Gasteiger partial charge in [-0.05, 0) is 23.1 Å². The third-order valence-corrected chi connectivity index (χ3v) is 5.16. The number of aromatic nitrogens is 2. The average molecular weight is 622 g/mol. The number of hydrogen-bond acceptors (Lipinski definition) is 5. The zero-order chi connectivity index (χ0) is 32.6. The number of nitrogens with zero attached hydrogens (tertiary/aromatic N) is 2. The first-order valence-electron chi connectivity index (χ1n) is 12.4. The SMILES string of the molecule is C[n+]1ccn(Cc2ccc(CNC(=O)[C@@H](N)CCC(=O)OCc3ccccc3)cc2)c1.F[B-](F)(F)F.O=C(O)C(F)(F)F. The second-order valence-corrected chi connectivity index (χ2v) is 8.87. The van der Waals surface area contributed by atoms with Crippen molar-refractivity contribution in [2.24, 2.45) is 12.8 Å². The van der Waals surface area contributed by atoms with Gasteiger partial charge in [0.1, 0.15) is 25.5 Å². The highest BCUT2D eigenvalue weighted by molar-refractivity contribution is 6.50. The molecule has 43 heavy (non-hydrogen) atoms. The van der Waals surface area contributed by atoms with E-state index >= 15 is 0 Å². The summed E-state index contributed by atoms with van der Waals surface area (Å²) in [4.78, 5) is 33.0. The Kier molecular flexibility index (Phi) is 14.9. The van der Waals surface area contributed by atoms with Gasteiger partial charge < -0.3 is 38.2 Å². The lowest BCUT2D eigenvalue weighted by Crippen LogP contribution is -2.40. The van der Waals surface area contributed by atoms with Crippen LogP contribution in [0.25, 0.3) is 0 Å². The number of esters is 1. The van der Waals surface area contributed by atoms with E-state index in [0.29, 0.717) is 6.54 Å². The monoisotopic (exact) mass is 622 g/mol. The number of aliphatic carboxylic acids is 1. The Labute approximate surface area is 242 Å². The molecule has 1 atom stereocenters. The maximum atomic E-state index is 12.2. The molecule has 1 amide bonds. The molecule has 4 N–H and O–H groups in total. The second kappa shape index (κ2) is 17.5. The highest BCUT2D eigenvalue weighted by Gasteiger charge is 2.38. The molecular formula is C26H30BF7N4O5. The normalized spacial score (nSPS) is 11.7. The van der Waals surface area contributed by atoms with Crippen LogP contribution in [0.4, 0.5) is 30.4 Å². The van der Waals surface area contributed by atoms with Gasteiger partial charge >= 0.3 is 25.4 Å². The third kappa shape index (κ3) is 17.9. The minimum absolute atomic E-state index is 0.104. The molecule has 3 aromatic rings. The molecule has 0 saturated carbocycles. The number of aryl methyl sites for hydroxylation is 1. The molecule has 3 rings (SSSR count). The lowest BCUT2D eigenvalue weighted by Gasteiger charge is -2.12. The quantitative estimate of drug-likeness (QED) is 0.137. The Morgan fingerprint density at radius 1 is 1.00 bits per heavy atom. The average Bonchev–Trinajstić information content (AvgIpc) is 3.33. The van der Waals surface area contributed by atoms with Crippen LogP contribution in [0.2, 0.25) is 0 Å². The number of benzene rings is 2. The van der Waals surface area contributed by atoms with Crippen LogP contribution in [0.5, 0.6) is 0 Å². The molecule has 0 aliphatic carbocycles. The topological polar surface area (TPSA) is 128 Å². The molecule has 2 aromatic carbocycles. The van der Waals surface area contributed by atoms with Gasteiger partial charge in [0.25, 0.3) is 0 Å². The molecule has 9 nitrogen and oxygen atoms in total. The van der Waals surface area contributed by atoms with E-state index < -0.39 is 25.4 Å². The zero-order valence-corrected chi connectivity index (χ0v) is 22.8. The van der Waals surface area contributed by atoms with Crippen LogP contribution in [-0.4, -0.2) is 47.0 Å². The number of ether oxygens (including phenoxy) is 1. The number of carboxylic acids is 1. The molecule has 0 aliphatic heterocycles. The van der Waals surface area contributed by atoms with Gasteiger partial charge in [0.05, 0.1) is 13.1 Å². The molecule has 0 fully saturated rings. The van der Waals surface area contributed by atoms with Crippen molar-refractivity contribution in [2.75, 3.05) is 0 Å². The number of rotatable bonds is 10. The molecule has 0 spiro atoms. The number of halogens is 7. The van der Waals surface area contributed by atoms with Crippen molar-refractivity contribution in [2.45, 2.75) is 44.8 Å². The van der Waals surface area contributed by atoms with Crippen molar-refractivity contribution >= 4 is 25.1 Å². The minimum Gasteiger partial charge on any atom is -0.475 e. The second-order valence-electron chi connectivity index (χ2n) is 8.87. The fraction of sp³-hybridized carbons (Fsp3) is 0.308. The maximum Gasteiger partial charge on any atom is 0.673 e. The maximum absolute atomic E-state index is 12.2. The molecule has 236 valence electrons. The van der Waals surface area contributed by atoms with Gasteiger partial charge in [0.15, 0.2) is 0 Å². The number of amides is 1. The molecule has 1 aromatic heterocycles. The first kappa shape index (κ1) is 36.6. The Hall–Kier alpha value is -4.41. The van der Waals surface area contributed by atoms with Crippen molar-refractivity contribution in [3.63, 3.8) is 0 Å². The molecule has 1 heterocycles. The largest absolute Gasteiger partial charge is 0.673 e. The van der Waals surface area contributed by atoms with Gasteiger partial charge in [-0.3, -0.25) is 9.59 Å². The van der Waals surface area contributed by atoms with E-state index in [1.165, 1.54) is 5.56 Å². The van der Waals surface area contributed by atoms with E-state index in [0.717, 1.165) is 17.7 Å². The van der Waals surface area contributed by atoms with Crippen molar-refractivity contribution in [3.8, 4) is 0 Å². The number of alkyl halides is 3. The summed E-state index contributed by atoms with van der Waals surface area (Å²) < 4.78 is 80.0. The van der Waals surface area contributed by atoms with Gasteiger partial charge in [-0.15, -0.1) is 0 Å². The summed E-state index contributed by atoms with van der Waals surface area (Å²) >= 11 is 0. The lowest BCUT2D eigenvalue weighted by molar-refractivity contribution is -0.671. The number of carbonyl (C=O) groups excluding carboxylic acids is 2. The van der Waals surface area contributed by atoms with Crippen molar-refractivity contribution in [1.82, 2.24) is 9.88 Å². The minimum atomic E-state index is -6.00. The summed E-state index contributed by atoms with van der Waals surface area (Å²) in [6.45, 7) is 1.41. The third-order valence-electron chi connectivity index (χ3n) is 5.16. The summed E-state index contributed by atoms with van der Waals surface area (Å²) in [5.74, 6) is -3.40. The van der Waals surface area contributed by atoms with Crippen LogP contribution in [0.3, 0.4) is 0 Å². The fourth-order valence-electron chi connectivity index (χ4n) is 3.10. The highest BCUT2D eigenvalue weighted by atomic mass is 19.5. The van der Waals surface area contributed by atoms with E-state index in [1.54, 1.807) is 0 Å². The summed E-state index contributed by atoms with van der Waals surface area (Å²) in [5.41, 5.74) is 9.02. The predicted octanol–water partition coefficient (Wildman–Crippen LogP) is 3.76. The van der Waals surface area contributed by atoms with Crippen LogP contribution in [0, 0.1) is 0 Å². The van der Waals surface area contributed by atoms with E-state index in [2.05, 4.69) is 9.88 Å². The zero-order valence-electron chi connectivity index (χ0n) is 22.8. The Bertz CT molecular complexity index is 1280. The van der Waals surface area contributed by atoms with Crippen molar-refractivity contribution in [3.05, 3.63) is 90.0 Å². The van der Waals surface area contributed by atoms with Crippen molar-refractivity contribution < 1.29 is 59.2 Å². The summed E-state index contributed by atoms with van der Waals surface area (Å²) in [6.07, 6.45) is 1.30. The van der Waals surface area contributed by atoms with Crippen LogP contribution in [0.15, 0.2) is 73.3 Å². The Morgan fingerprint density at radius 2 is 1.53 bits per heavy atom. The Morgan fingerprint density at radius 3 is 2.02 bits per heavy atom. The van der Waals surface area contributed by atoms with Crippen LogP contribution in [-0.2, 0) is 45.9 Å². The number of nitrogens with one attached hydrogen (secondary N) is 1. The first-order valence-corrected chi connectivity index (χ1v) is 12.4. The molecule has 0 saturated heterocycles. The van der Waals surface area contributed by atoms with E-state index in [9.17, 15) is 40.0 Å². The smallest absolute Gasteiger partial charge is 0.475 e. The van der Waals surface area contributed by atoms with Gasteiger partial charge in [-0.25, -0.2) is 13.9 Å². The van der Waals surface area contributed by atoms with Gasteiger partial charge in [-0.2, -0.15) is 13.2 Å². The van der Waals surface area contributed by atoms with Crippen LogP contribution < -0.4 is 15.6 Å². The van der Waals surface area contributed by atoms with Gasteiger partial charge in [0.2, 0.25) is 12.2 Å². The Balaban J connectivity index is 0.000000650. The summed E-state index contributed by atoms with van der Waals surface area (Å²) in [6, 6.07) is 16.8. The standard InChI is InChI=1S/C24H28N4O3.C2HF3O2.BF4/c1-27-13-14-28(18-27)16-20-9-7-19(8-10-20)15-26-24(30)22(25)11-12-23(29)31-17-21-5-3-2-4-6-21;3-2(4,5)1(6)7;2-1(3,4)5/h2-10,13-14,18,22H,11-12,15-17,25H2,1H3;(H,6,7);/q;;-1/p+1/t22-;;/m0../s1. The molecule has 0 aliphatic rings. The highest BCUT2D eigenvalue weighted by Crippen LogP contribution is 2.13. The van der Waals surface area contributed by atoms with E-state index in [-0.39, 0.29) is 31.3 Å². The molecule has 0 radical (unpaired) electrons. The number of carbonyl (C=O) groups is 3. The number of carboxylic acid groups (broad SMARTS) is 1. The molecular weight excluding hydrogens is 592 g/mol. The first-order chi connectivity index (χ1) is 19.9. The van der Waals surface area contributed by atoms with E-state index in [1.807, 2.05) is 84.9 Å². The lowest BCUT2D eigenvalue weighted by atomic mass is 10.1. The number of hydrogen-bond donors (Lipinski definition) is 3. The van der Waals surface area contributed by atoms with Crippen LogP contribution in [0.1, 0.15) is 29.5 Å². The fourth-order valence-corrected chi connectivity index (χ4v) is 3.10. The summed E-state index contributed by atoms with van der Waals surface area (Å²) in [5, 5.41) is 9.95.